The van der Waals surface area contributed by atoms with Gasteiger partial charge in [0, 0.05) is 6.21 Å². The Morgan fingerprint density at radius 1 is 0.778 bits per heavy atom. The van der Waals surface area contributed by atoms with E-state index in [1.54, 1.807) is 14.2 Å². The second-order valence-corrected chi connectivity index (χ2v) is 3.73. The van der Waals surface area contributed by atoms with E-state index in [4.69, 9.17) is 9.47 Å². The lowest BCUT2D eigenvalue weighted by Gasteiger charge is -2.00. The summed E-state index contributed by atoms with van der Waals surface area (Å²) in [6, 6.07) is 15.4. The van der Waals surface area contributed by atoms with Gasteiger partial charge in [-0.15, -0.1) is 0 Å². The molecule has 0 aliphatic carbocycles. The maximum atomic E-state index is 5.10. The van der Waals surface area contributed by atoms with Gasteiger partial charge in [-0.1, -0.05) is 0 Å². The normalized spacial score (nSPS) is 10.6. The van der Waals surface area contributed by atoms with Gasteiger partial charge in [0.25, 0.3) is 0 Å². The second kappa shape index (κ2) is 5.87. The lowest BCUT2D eigenvalue weighted by atomic mass is 10.2. The highest BCUT2D eigenvalue weighted by Crippen LogP contribution is 2.18. The van der Waals surface area contributed by atoms with E-state index in [-0.39, 0.29) is 0 Å². The van der Waals surface area contributed by atoms with E-state index in [0.717, 1.165) is 22.7 Å². The summed E-state index contributed by atoms with van der Waals surface area (Å²) < 4.78 is 10.2. The van der Waals surface area contributed by atoms with E-state index in [9.17, 15) is 0 Å². The average Bonchev–Trinajstić information content (AvgIpc) is 2.46. The van der Waals surface area contributed by atoms with Gasteiger partial charge < -0.3 is 9.47 Å². The molecule has 0 aliphatic rings. The molecule has 3 heteroatoms. The first-order valence-electron chi connectivity index (χ1n) is 5.64. The highest BCUT2D eigenvalue weighted by molar-refractivity contribution is 5.82. The Balaban J connectivity index is 2.08. The molecule has 0 unspecified atom stereocenters. The fourth-order valence-corrected chi connectivity index (χ4v) is 1.51. The lowest BCUT2D eigenvalue weighted by Crippen LogP contribution is -1.84. The highest BCUT2D eigenvalue weighted by atomic mass is 16.5. The third kappa shape index (κ3) is 3.10. The van der Waals surface area contributed by atoms with Crippen molar-refractivity contribution in [3.8, 4) is 11.5 Å². The van der Waals surface area contributed by atoms with Crippen LogP contribution in [0.3, 0.4) is 0 Å². The fraction of sp³-hybridized carbons (Fsp3) is 0.133. The van der Waals surface area contributed by atoms with Crippen LogP contribution in [0.5, 0.6) is 11.5 Å². The zero-order valence-corrected chi connectivity index (χ0v) is 10.5. The molecule has 2 rings (SSSR count). The van der Waals surface area contributed by atoms with Crippen LogP contribution in [0.2, 0.25) is 0 Å². The summed E-state index contributed by atoms with van der Waals surface area (Å²) in [7, 11) is 3.30. The SMILES string of the molecule is COc1ccc(C=Nc2ccc(OC)cc2)cc1. The van der Waals surface area contributed by atoms with Crippen LogP contribution < -0.4 is 9.47 Å². The Bertz CT molecular complexity index is 466. The molecule has 0 atom stereocenters. The lowest BCUT2D eigenvalue weighted by molar-refractivity contribution is 0.414. The highest BCUT2D eigenvalue weighted by Gasteiger charge is 1.93. The third-order valence-electron chi connectivity index (χ3n) is 2.55. The summed E-state index contributed by atoms with van der Waals surface area (Å²) >= 11 is 0. The first-order valence-corrected chi connectivity index (χ1v) is 5.64. The number of rotatable bonds is 4. The van der Waals surface area contributed by atoms with Crippen LogP contribution in [0.25, 0.3) is 0 Å². The number of hydrogen-bond acceptors (Lipinski definition) is 3. The number of methoxy groups -OCH3 is 2. The molecule has 0 saturated carbocycles. The largest absolute Gasteiger partial charge is 0.497 e. The molecular formula is C15H15NO2. The molecule has 18 heavy (non-hydrogen) atoms. The van der Waals surface area contributed by atoms with E-state index in [2.05, 4.69) is 4.99 Å². The van der Waals surface area contributed by atoms with Gasteiger partial charge in [0.15, 0.2) is 0 Å². The van der Waals surface area contributed by atoms with Crippen LogP contribution in [0.15, 0.2) is 53.5 Å². The summed E-state index contributed by atoms with van der Waals surface area (Å²) in [6.45, 7) is 0. The molecule has 0 aromatic heterocycles. The Labute approximate surface area is 107 Å². The van der Waals surface area contributed by atoms with E-state index < -0.39 is 0 Å². The molecule has 0 radical (unpaired) electrons. The molecule has 0 fully saturated rings. The molecule has 0 bridgehead atoms. The summed E-state index contributed by atoms with van der Waals surface area (Å²) in [6.07, 6.45) is 1.82. The predicted molar refractivity (Wildman–Crippen MR) is 73.2 cm³/mol. The quantitative estimate of drug-likeness (QED) is 0.767. The molecule has 0 spiro atoms. The molecule has 0 aliphatic heterocycles. The zero-order valence-electron chi connectivity index (χ0n) is 10.5. The molecule has 3 nitrogen and oxygen atoms in total. The van der Waals surface area contributed by atoms with Crippen molar-refractivity contribution in [2.45, 2.75) is 0 Å². The minimum absolute atomic E-state index is 0.832. The molecule has 2 aromatic rings. The van der Waals surface area contributed by atoms with E-state index >= 15 is 0 Å². The Morgan fingerprint density at radius 3 is 1.78 bits per heavy atom. The molecular weight excluding hydrogens is 226 g/mol. The Hall–Kier alpha value is -2.29. The fourth-order valence-electron chi connectivity index (χ4n) is 1.51. The van der Waals surface area contributed by atoms with Gasteiger partial charge >= 0.3 is 0 Å². The third-order valence-corrected chi connectivity index (χ3v) is 2.55. The number of aliphatic imine (C=N–C) groups is 1. The summed E-state index contributed by atoms with van der Waals surface area (Å²) in [4.78, 5) is 4.39. The van der Waals surface area contributed by atoms with E-state index in [0.29, 0.717) is 0 Å². The minimum Gasteiger partial charge on any atom is -0.497 e. The van der Waals surface area contributed by atoms with Crippen LogP contribution in [-0.2, 0) is 0 Å². The van der Waals surface area contributed by atoms with Crippen molar-refractivity contribution in [3.05, 3.63) is 54.1 Å². The standard InChI is InChI=1S/C15H15NO2/c1-17-14-7-3-12(4-8-14)11-16-13-5-9-15(18-2)10-6-13/h3-11H,1-2H3. The molecule has 2 aromatic carbocycles. The molecule has 0 saturated heterocycles. The van der Waals surface area contributed by atoms with Crippen LogP contribution in [0, 0.1) is 0 Å². The van der Waals surface area contributed by atoms with Crippen molar-refractivity contribution in [1.82, 2.24) is 0 Å². The number of ether oxygens (including phenoxy) is 2. The molecule has 0 N–H and O–H groups in total. The van der Waals surface area contributed by atoms with E-state index in [1.807, 2.05) is 54.7 Å². The van der Waals surface area contributed by atoms with Crippen molar-refractivity contribution in [2.75, 3.05) is 14.2 Å². The number of hydrogen-bond donors (Lipinski definition) is 0. The summed E-state index contributed by atoms with van der Waals surface area (Å²) in [5.41, 5.74) is 1.93. The molecule has 0 heterocycles. The van der Waals surface area contributed by atoms with Crippen LogP contribution in [0.1, 0.15) is 5.56 Å². The van der Waals surface area contributed by atoms with Crippen molar-refractivity contribution in [1.29, 1.82) is 0 Å². The Kier molecular flexibility index (Phi) is 3.97. The zero-order chi connectivity index (χ0) is 12.8. The van der Waals surface area contributed by atoms with Gasteiger partial charge in [0.1, 0.15) is 11.5 Å². The van der Waals surface area contributed by atoms with Gasteiger partial charge in [-0.25, -0.2) is 0 Å². The van der Waals surface area contributed by atoms with Crippen LogP contribution in [-0.4, -0.2) is 20.4 Å². The predicted octanol–water partition coefficient (Wildman–Crippen LogP) is 3.45. The Morgan fingerprint density at radius 2 is 1.28 bits per heavy atom. The van der Waals surface area contributed by atoms with Crippen LogP contribution >= 0.6 is 0 Å². The maximum absolute atomic E-state index is 5.10. The van der Waals surface area contributed by atoms with Gasteiger partial charge in [-0.3, -0.25) is 4.99 Å². The maximum Gasteiger partial charge on any atom is 0.119 e. The molecule has 92 valence electrons. The van der Waals surface area contributed by atoms with Crippen molar-refractivity contribution in [3.63, 3.8) is 0 Å². The average molecular weight is 241 g/mol. The first-order chi connectivity index (χ1) is 8.81. The van der Waals surface area contributed by atoms with Crippen molar-refractivity contribution < 1.29 is 9.47 Å². The van der Waals surface area contributed by atoms with Gasteiger partial charge in [0.05, 0.1) is 19.9 Å². The van der Waals surface area contributed by atoms with Crippen LogP contribution in [0.4, 0.5) is 5.69 Å². The van der Waals surface area contributed by atoms with Crippen molar-refractivity contribution in [2.24, 2.45) is 4.99 Å². The summed E-state index contributed by atoms with van der Waals surface area (Å²) in [5, 5.41) is 0. The topological polar surface area (TPSA) is 30.8 Å². The molecule has 0 amide bonds. The number of benzene rings is 2. The van der Waals surface area contributed by atoms with Gasteiger partial charge in [0.2, 0.25) is 0 Å². The summed E-state index contributed by atoms with van der Waals surface area (Å²) in [5.74, 6) is 1.68. The van der Waals surface area contributed by atoms with Gasteiger partial charge in [-0.05, 0) is 54.1 Å². The number of nitrogens with zero attached hydrogens (tertiary/aromatic N) is 1. The smallest absolute Gasteiger partial charge is 0.119 e. The second-order valence-electron chi connectivity index (χ2n) is 3.73. The van der Waals surface area contributed by atoms with Gasteiger partial charge in [-0.2, -0.15) is 0 Å². The van der Waals surface area contributed by atoms with E-state index in [1.165, 1.54) is 0 Å². The minimum atomic E-state index is 0.832. The van der Waals surface area contributed by atoms with Crippen molar-refractivity contribution >= 4 is 11.9 Å². The first kappa shape index (κ1) is 12.2. The monoisotopic (exact) mass is 241 g/mol.